The summed E-state index contributed by atoms with van der Waals surface area (Å²) in [6, 6.07) is 14.5. The third-order valence-electron chi connectivity index (χ3n) is 3.77. The molecule has 5 heteroatoms. The van der Waals surface area contributed by atoms with Gasteiger partial charge in [-0.05, 0) is 30.3 Å². The van der Waals surface area contributed by atoms with Crippen LogP contribution in [-0.4, -0.2) is 16.7 Å². The molecule has 0 aliphatic rings. The van der Waals surface area contributed by atoms with Crippen molar-refractivity contribution in [1.29, 1.82) is 0 Å². The van der Waals surface area contributed by atoms with E-state index in [0.717, 1.165) is 17.0 Å². The molecule has 0 bridgehead atoms. The molecule has 23 heavy (non-hydrogen) atoms. The first-order valence-corrected chi connectivity index (χ1v) is 7.32. The van der Waals surface area contributed by atoms with Crippen LogP contribution in [0.15, 0.2) is 54.7 Å². The SMILES string of the molecule is COc1ccc(-c2cnc(NCc3ccccc3F)n2C)cc1. The Kier molecular flexibility index (Phi) is 4.28. The van der Waals surface area contributed by atoms with Crippen molar-refractivity contribution < 1.29 is 9.13 Å². The van der Waals surface area contributed by atoms with Crippen molar-refractivity contribution in [2.75, 3.05) is 12.4 Å². The van der Waals surface area contributed by atoms with Crippen molar-refractivity contribution >= 4 is 5.95 Å². The Hall–Kier alpha value is -2.82. The number of rotatable bonds is 5. The second kappa shape index (κ2) is 6.52. The van der Waals surface area contributed by atoms with E-state index in [1.54, 1.807) is 25.4 Å². The van der Waals surface area contributed by atoms with Crippen molar-refractivity contribution in [2.24, 2.45) is 7.05 Å². The zero-order chi connectivity index (χ0) is 16.2. The molecule has 0 radical (unpaired) electrons. The summed E-state index contributed by atoms with van der Waals surface area (Å²) in [5.74, 6) is 1.29. The molecular weight excluding hydrogens is 293 g/mol. The van der Waals surface area contributed by atoms with Crippen LogP contribution in [0.1, 0.15) is 5.56 Å². The average Bonchev–Trinajstić information content (AvgIpc) is 2.95. The van der Waals surface area contributed by atoms with Gasteiger partial charge in [-0.2, -0.15) is 0 Å². The van der Waals surface area contributed by atoms with Crippen LogP contribution in [0.2, 0.25) is 0 Å². The summed E-state index contributed by atoms with van der Waals surface area (Å²) in [4.78, 5) is 4.38. The zero-order valence-electron chi connectivity index (χ0n) is 13.1. The van der Waals surface area contributed by atoms with Gasteiger partial charge in [0.05, 0.1) is 19.0 Å². The Morgan fingerprint density at radius 1 is 1.13 bits per heavy atom. The first-order chi connectivity index (χ1) is 11.2. The van der Waals surface area contributed by atoms with Crippen LogP contribution in [-0.2, 0) is 13.6 Å². The first-order valence-electron chi connectivity index (χ1n) is 7.32. The summed E-state index contributed by atoms with van der Waals surface area (Å²) < 4.78 is 20.8. The largest absolute Gasteiger partial charge is 0.497 e. The van der Waals surface area contributed by atoms with Gasteiger partial charge in [-0.15, -0.1) is 0 Å². The standard InChI is InChI=1S/C18H18FN3O/c1-22-17(13-7-9-15(23-2)10-8-13)12-21-18(22)20-11-14-5-3-4-6-16(14)19/h3-10,12H,11H2,1-2H3,(H,20,21). The maximum atomic E-state index is 13.7. The lowest BCUT2D eigenvalue weighted by molar-refractivity contribution is 0.415. The van der Waals surface area contributed by atoms with Gasteiger partial charge in [0.25, 0.3) is 0 Å². The van der Waals surface area contributed by atoms with Crippen LogP contribution in [0.4, 0.5) is 10.3 Å². The third-order valence-corrected chi connectivity index (χ3v) is 3.77. The Morgan fingerprint density at radius 2 is 1.87 bits per heavy atom. The summed E-state index contributed by atoms with van der Waals surface area (Å²) >= 11 is 0. The van der Waals surface area contributed by atoms with Crippen molar-refractivity contribution in [3.8, 4) is 17.0 Å². The number of hydrogen-bond donors (Lipinski definition) is 1. The monoisotopic (exact) mass is 311 g/mol. The van der Waals surface area contributed by atoms with E-state index in [4.69, 9.17) is 4.74 Å². The van der Waals surface area contributed by atoms with Gasteiger partial charge in [-0.1, -0.05) is 18.2 Å². The molecule has 0 saturated carbocycles. The summed E-state index contributed by atoms with van der Waals surface area (Å²) in [7, 11) is 3.57. The Morgan fingerprint density at radius 3 is 2.57 bits per heavy atom. The highest BCUT2D eigenvalue weighted by molar-refractivity contribution is 5.62. The fraction of sp³-hybridized carbons (Fsp3) is 0.167. The van der Waals surface area contributed by atoms with Gasteiger partial charge in [0.15, 0.2) is 0 Å². The first kappa shape index (κ1) is 15.1. The van der Waals surface area contributed by atoms with Gasteiger partial charge in [0.2, 0.25) is 5.95 Å². The lowest BCUT2D eigenvalue weighted by atomic mass is 10.1. The normalized spacial score (nSPS) is 10.6. The maximum Gasteiger partial charge on any atom is 0.203 e. The molecule has 3 aromatic rings. The molecular formula is C18H18FN3O. The summed E-state index contributed by atoms with van der Waals surface area (Å²) in [5.41, 5.74) is 2.63. The molecule has 3 rings (SSSR count). The predicted molar refractivity (Wildman–Crippen MR) is 88.9 cm³/mol. The molecule has 1 N–H and O–H groups in total. The second-order valence-corrected chi connectivity index (χ2v) is 5.20. The number of anilines is 1. The van der Waals surface area contributed by atoms with E-state index in [0.29, 0.717) is 18.1 Å². The Bertz CT molecular complexity index is 796. The maximum absolute atomic E-state index is 13.7. The van der Waals surface area contributed by atoms with Crippen LogP contribution >= 0.6 is 0 Å². The number of aromatic nitrogens is 2. The highest BCUT2D eigenvalue weighted by Gasteiger charge is 2.09. The molecule has 0 fully saturated rings. The highest BCUT2D eigenvalue weighted by Crippen LogP contribution is 2.24. The van der Waals surface area contributed by atoms with E-state index < -0.39 is 0 Å². The van der Waals surface area contributed by atoms with Crippen LogP contribution < -0.4 is 10.1 Å². The van der Waals surface area contributed by atoms with Crippen LogP contribution in [0.25, 0.3) is 11.3 Å². The molecule has 0 unspecified atom stereocenters. The number of imidazole rings is 1. The lowest BCUT2D eigenvalue weighted by Gasteiger charge is -2.09. The van der Waals surface area contributed by atoms with E-state index >= 15 is 0 Å². The van der Waals surface area contributed by atoms with Crippen molar-refractivity contribution in [1.82, 2.24) is 9.55 Å². The molecule has 0 aliphatic heterocycles. The number of hydrogen-bond acceptors (Lipinski definition) is 3. The minimum atomic E-state index is -0.218. The van der Waals surface area contributed by atoms with Gasteiger partial charge in [0.1, 0.15) is 11.6 Å². The second-order valence-electron chi connectivity index (χ2n) is 5.20. The van der Waals surface area contributed by atoms with Crippen LogP contribution in [0, 0.1) is 5.82 Å². The average molecular weight is 311 g/mol. The number of nitrogens with one attached hydrogen (secondary N) is 1. The smallest absolute Gasteiger partial charge is 0.203 e. The third kappa shape index (κ3) is 3.18. The lowest BCUT2D eigenvalue weighted by Crippen LogP contribution is -2.06. The van der Waals surface area contributed by atoms with Crippen molar-refractivity contribution in [3.05, 3.63) is 66.1 Å². The quantitative estimate of drug-likeness (QED) is 0.778. The molecule has 1 aromatic heterocycles. The number of benzene rings is 2. The summed E-state index contributed by atoms with van der Waals surface area (Å²) in [5, 5.41) is 3.17. The van der Waals surface area contributed by atoms with Crippen LogP contribution in [0.3, 0.4) is 0 Å². The highest BCUT2D eigenvalue weighted by atomic mass is 19.1. The Balaban J connectivity index is 1.77. The zero-order valence-corrected chi connectivity index (χ0v) is 13.1. The van der Waals surface area contributed by atoms with Gasteiger partial charge in [-0.3, -0.25) is 0 Å². The number of ether oxygens (including phenoxy) is 1. The minimum absolute atomic E-state index is 0.218. The van der Waals surface area contributed by atoms with Crippen LogP contribution in [0.5, 0.6) is 5.75 Å². The molecule has 118 valence electrons. The number of halogens is 1. The fourth-order valence-electron chi connectivity index (χ4n) is 2.42. The molecule has 0 spiro atoms. The van der Waals surface area contributed by atoms with Crippen molar-refractivity contribution in [3.63, 3.8) is 0 Å². The molecule has 1 heterocycles. The Labute approximate surface area is 134 Å². The number of nitrogens with zero attached hydrogens (tertiary/aromatic N) is 2. The summed E-state index contributed by atoms with van der Waals surface area (Å²) in [6.45, 7) is 0.388. The molecule has 2 aromatic carbocycles. The van der Waals surface area contributed by atoms with E-state index in [1.165, 1.54) is 6.07 Å². The van der Waals surface area contributed by atoms with Gasteiger partial charge >= 0.3 is 0 Å². The van der Waals surface area contributed by atoms with Gasteiger partial charge in [-0.25, -0.2) is 9.37 Å². The summed E-state index contributed by atoms with van der Waals surface area (Å²) in [6.07, 6.45) is 1.80. The van der Waals surface area contributed by atoms with Gasteiger partial charge in [0, 0.05) is 24.7 Å². The molecule has 4 nitrogen and oxygen atoms in total. The topological polar surface area (TPSA) is 39.1 Å². The predicted octanol–water partition coefficient (Wildman–Crippen LogP) is 3.85. The molecule has 0 atom stereocenters. The van der Waals surface area contributed by atoms with E-state index in [2.05, 4.69) is 10.3 Å². The molecule has 0 saturated heterocycles. The van der Waals surface area contributed by atoms with E-state index in [-0.39, 0.29) is 5.82 Å². The fourth-order valence-corrected chi connectivity index (χ4v) is 2.42. The molecule has 0 amide bonds. The van der Waals surface area contributed by atoms with Crippen molar-refractivity contribution in [2.45, 2.75) is 6.54 Å². The van der Waals surface area contributed by atoms with Gasteiger partial charge < -0.3 is 14.6 Å². The van der Waals surface area contributed by atoms with E-state index in [9.17, 15) is 4.39 Å². The minimum Gasteiger partial charge on any atom is -0.497 e. The van der Waals surface area contributed by atoms with E-state index in [1.807, 2.05) is 41.9 Å². The number of methoxy groups -OCH3 is 1. The molecule has 0 aliphatic carbocycles.